The molecule has 1 heterocycles. The van der Waals surface area contributed by atoms with Crippen LogP contribution in [0.2, 0.25) is 5.02 Å². The van der Waals surface area contributed by atoms with Crippen LogP contribution < -0.4 is 9.47 Å². The van der Waals surface area contributed by atoms with Gasteiger partial charge in [-0.2, -0.15) is 0 Å². The molecule has 15 heavy (non-hydrogen) atoms. The lowest BCUT2D eigenvalue weighted by molar-refractivity contribution is 0.0695. The number of hydrogen-bond acceptors (Lipinski definition) is 3. The summed E-state index contributed by atoms with van der Waals surface area (Å²) in [5, 5.41) is 9.14. The molecule has 5 heteroatoms. The molecule has 2 rings (SSSR count). The molecule has 0 aromatic heterocycles. The van der Waals surface area contributed by atoms with Gasteiger partial charge in [-0.1, -0.05) is 11.6 Å². The van der Waals surface area contributed by atoms with E-state index >= 15 is 0 Å². The first-order valence-corrected chi connectivity index (χ1v) is 4.81. The minimum Gasteiger partial charge on any atom is -0.486 e. The van der Waals surface area contributed by atoms with E-state index in [2.05, 4.69) is 0 Å². The highest BCUT2D eigenvalue weighted by Crippen LogP contribution is 2.39. The highest BCUT2D eigenvalue weighted by atomic mass is 35.5. The molecule has 1 N–H and O–H groups in total. The maximum atomic E-state index is 10.9. The third-order valence-electron chi connectivity index (χ3n) is 2.24. The summed E-state index contributed by atoms with van der Waals surface area (Å²) in [5.41, 5.74) is 0.575. The Hall–Kier alpha value is -1.42. The molecule has 0 aliphatic carbocycles. The monoisotopic (exact) mass is 228 g/mol. The van der Waals surface area contributed by atoms with Crippen LogP contribution in [0.15, 0.2) is 6.07 Å². The smallest absolute Gasteiger partial charge is 0.337 e. The molecule has 1 aromatic carbocycles. The van der Waals surface area contributed by atoms with Crippen LogP contribution in [-0.4, -0.2) is 24.3 Å². The predicted molar refractivity (Wildman–Crippen MR) is 54.1 cm³/mol. The number of halogens is 1. The van der Waals surface area contributed by atoms with Crippen LogP contribution in [0.4, 0.5) is 0 Å². The van der Waals surface area contributed by atoms with Gasteiger partial charge in [0.25, 0.3) is 0 Å². The largest absolute Gasteiger partial charge is 0.486 e. The van der Waals surface area contributed by atoms with Crippen molar-refractivity contribution in [2.75, 3.05) is 13.2 Å². The molecule has 0 bridgehead atoms. The van der Waals surface area contributed by atoms with Crippen LogP contribution in [0.3, 0.4) is 0 Å². The van der Waals surface area contributed by atoms with Gasteiger partial charge >= 0.3 is 5.97 Å². The van der Waals surface area contributed by atoms with E-state index in [-0.39, 0.29) is 10.6 Å². The number of benzene rings is 1. The minimum absolute atomic E-state index is 0.0703. The van der Waals surface area contributed by atoms with E-state index in [4.69, 9.17) is 26.2 Å². The Morgan fingerprint density at radius 2 is 2.13 bits per heavy atom. The standard InChI is InChI=1S/C10H9ClO4/c1-5-8(10(12)13)6(11)4-7-9(5)15-3-2-14-7/h4H,2-3H2,1H3,(H,12,13). The summed E-state index contributed by atoms with van der Waals surface area (Å²) in [7, 11) is 0. The van der Waals surface area contributed by atoms with Crippen LogP contribution >= 0.6 is 11.6 Å². The van der Waals surface area contributed by atoms with E-state index in [1.807, 2.05) is 0 Å². The van der Waals surface area contributed by atoms with Crippen LogP contribution in [0.25, 0.3) is 0 Å². The van der Waals surface area contributed by atoms with Gasteiger partial charge in [0.05, 0.1) is 10.6 Å². The first-order chi connectivity index (χ1) is 7.11. The zero-order chi connectivity index (χ0) is 11.0. The molecule has 1 aliphatic rings. The lowest BCUT2D eigenvalue weighted by atomic mass is 10.1. The lowest BCUT2D eigenvalue weighted by Crippen LogP contribution is -2.17. The second-order valence-electron chi connectivity index (χ2n) is 3.19. The quantitative estimate of drug-likeness (QED) is 0.800. The Kier molecular flexibility index (Phi) is 2.44. The Bertz CT molecular complexity index is 428. The number of carboxylic acid groups (broad SMARTS) is 1. The van der Waals surface area contributed by atoms with Crippen LogP contribution in [0, 0.1) is 6.92 Å². The van der Waals surface area contributed by atoms with Crippen molar-refractivity contribution >= 4 is 17.6 Å². The number of carboxylic acids is 1. The molecule has 4 nitrogen and oxygen atoms in total. The molecule has 0 radical (unpaired) electrons. The van der Waals surface area contributed by atoms with E-state index < -0.39 is 5.97 Å². The number of hydrogen-bond donors (Lipinski definition) is 1. The van der Waals surface area contributed by atoms with Gasteiger partial charge in [-0.25, -0.2) is 4.79 Å². The van der Waals surface area contributed by atoms with Gasteiger partial charge in [-0.3, -0.25) is 0 Å². The topological polar surface area (TPSA) is 55.8 Å². The summed E-state index contributed by atoms with van der Waals surface area (Å²) in [6, 6.07) is 1.48. The van der Waals surface area contributed by atoms with Crippen molar-refractivity contribution in [1.82, 2.24) is 0 Å². The van der Waals surface area contributed by atoms with Crippen molar-refractivity contribution in [2.24, 2.45) is 0 Å². The van der Waals surface area contributed by atoms with Gasteiger partial charge < -0.3 is 14.6 Å². The number of carbonyl (C=O) groups is 1. The summed E-state index contributed by atoms with van der Waals surface area (Å²) in [5.74, 6) is -0.0775. The summed E-state index contributed by atoms with van der Waals surface area (Å²) < 4.78 is 10.7. The van der Waals surface area contributed by atoms with Crippen molar-refractivity contribution in [3.05, 3.63) is 22.2 Å². The lowest BCUT2D eigenvalue weighted by Gasteiger charge is -2.21. The van der Waals surface area contributed by atoms with Crippen molar-refractivity contribution < 1.29 is 19.4 Å². The van der Waals surface area contributed by atoms with Crippen molar-refractivity contribution in [3.8, 4) is 11.5 Å². The van der Waals surface area contributed by atoms with Crippen LogP contribution in [0.5, 0.6) is 11.5 Å². The van der Waals surface area contributed by atoms with E-state index in [9.17, 15) is 4.79 Å². The van der Waals surface area contributed by atoms with E-state index in [1.165, 1.54) is 6.07 Å². The zero-order valence-electron chi connectivity index (χ0n) is 8.04. The maximum Gasteiger partial charge on any atom is 0.337 e. The highest BCUT2D eigenvalue weighted by Gasteiger charge is 2.22. The Balaban J connectivity index is 2.64. The molecular formula is C10H9ClO4. The third kappa shape index (κ3) is 1.61. The Morgan fingerprint density at radius 3 is 2.80 bits per heavy atom. The predicted octanol–water partition coefficient (Wildman–Crippen LogP) is 2.12. The fraction of sp³-hybridized carbons (Fsp3) is 0.300. The molecule has 80 valence electrons. The van der Waals surface area contributed by atoms with Gasteiger partial charge in [0.1, 0.15) is 13.2 Å². The van der Waals surface area contributed by atoms with Crippen molar-refractivity contribution in [3.63, 3.8) is 0 Å². The van der Waals surface area contributed by atoms with Gasteiger partial charge in [-0.15, -0.1) is 0 Å². The fourth-order valence-electron chi connectivity index (χ4n) is 1.57. The molecule has 0 saturated carbocycles. The second-order valence-corrected chi connectivity index (χ2v) is 3.59. The molecule has 0 saturated heterocycles. The summed E-state index contributed by atoms with van der Waals surface area (Å²) >= 11 is 5.85. The number of rotatable bonds is 1. The molecule has 0 fully saturated rings. The van der Waals surface area contributed by atoms with Crippen LogP contribution in [-0.2, 0) is 0 Å². The first-order valence-electron chi connectivity index (χ1n) is 4.43. The van der Waals surface area contributed by atoms with Crippen LogP contribution in [0.1, 0.15) is 15.9 Å². The number of fused-ring (bicyclic) bond motifs is 1. The number of aromatic carboxylic acids is 1. The average Bonchev–Trinajstić information content (AvgIpc) is 2.17. The fourth-order valence-corrected chi connectivity index (χ4v) is 1.90. The molecular weight excluding hydrogens is 220 g/mol. The normalized spacial score (nSPS) is 13.7. The van der Waals surface area contributed by atoms with Gasteiger partial charge in [0.15, 0.2) is 11.5 Å². The Morgan fingerprint density at radius 1 is 1.47 bits per heavy atom. The molecule has 1 aromatic rings. The first kappa shape index (κ1) is 10.1. The van der Waals surface area contributed by atoms with Gasteiger partial charge in [-0.05, 0) is 6.92 Å². The summed E-state index contributed by atoms with van der Waals surface area (Å²) in [6.07, 6.45) is 0. The molecule has 0 unspecified atom stereocenters. The molecule has 1 aliphatic heterocycles. The van der Waals surface area contributed by atoms with E-state index in [1.54, 1.807) is 6.92 Å². The summed E-state index contributed by atoms with van der Waals surface area (Å²) in [4.78, 5) is 10.9. The Labute approximate surface area is 91.4 Å². The highest BCUT2D eigenvalue weighted by molar-refractivity contribution is 6.34. The second kappa shape index (κ2) is 3.62. The SMILES string of the molecule is Cc1c2c(cc(Cl)c1C(=O)O)OCCO2. The molecule has 0 amide bonds. The average molecular weight is 229 g/mol. The van der Waals surface area contributed by atoms with Gasteiger partial charge in [0.2, 0.25) is 0 Å². The van der Waals surface area contributed by atoms with Gasteiger partial charge in [0, 0.05) is 11.6 Å². The summed E-state index contributed by atoms with van der Waals surface area (Å²) in [6.45, 7) is 2.53. The molecule has 0 spiro atoms. The third-order valence-corrected chi connectivity index (χ3v) is 2.54. The van der Waals surface area contributed by atoms with Crippen molar-refractivity contribution in [2.45, 2.75) is 6.92 Å². The molecule has 0 atom stereocenters. The zero-order valence-corrected chi connectivity index (χ0v) is 8.80. The number of ether oxygens (including phenoxy) is 2. The van der Waals surface area contributed by atoms with Crippen molar-refractivity contribution in [1.29, 1.82) is 0 Å². The van der Waals surface area contributed by atoms with E-state index in [0.29, 0.717) is 30.3 Å². The maximum absolute atomic E-state index is 10.9. The van der Waals surface area contributed by atoms with E-state index in [0.717, 1.165) is 0 Å². The minimum atomic E-state index is -1.06.